The Morgan fingerprint density at radius 3 is 2.68 bits per heavy atom. The molecule has 0 saturated carbocycles. The number of aryl methyl sites for hydroxylation is 1. The van der Waals surface area contributed by atoms with Gasteiger partial charge in [-0.15, -0.1) is 0 Å². The van der Waals surface area contributed by atoms with Gasteiger partial charge in [-0.25, -0.2) is 9.97 Å². The van der Waals surface area contributed by atoms with Crippen molar-refractivity contribution in [3.05, 3.63) is 44.6 Å². The van der Waals surface area contributed by atoms with E-state index >= 15 is 0 Å². The summed E-state index contributed by atoms with van der Waals surface area (Å²) in [6, 6.07) is 7.54. The summed E-state index contributed by atoms with van der Waals surface area (Å²) >= 11 is 11.8. The van der Waals surface area contributed by atoms with Gasteiger partial charge >= 0.3 is 0 Å². The summed E-state index contributed by atoms with van der Waals surface area (Å²) in [6.45, 7) is 1.87. The first kappa shape index (κ1) is 14.4. The minimum absolute atomic E-state index is 0.252. The van der Waals surface area contributed by atoms with Gasteiger partial charge < -0.3 is 11.1 Å². The van der Waals surface area contributed by atoms with Gasteiger partial charge in [-0.1, -0.05) is 28.1 Å². The standard InChI is InChI=1S/C12H10Br2N4S/c1-6-4-10(11(15)19)18-12(16-6)17-9-5-7(13)2-3-8(9)14/h2-5H,1H3,(H2,15,19)(H,16,17,18). The number of anilines is 2. The molecule has 7 heteroatoms. The van der Waals surface area contributed by atoms with E-state index in [1.165, 1.54) is 0 Å². The second-order valence-electron chi connectivity index (χ2n) is 3.83. The SMILES string of the molecule is Cc1cc(C(N)=S)nc(Nc2cc(Br)ccc2Br)n1. The molecule has 0 aliphatic carbocycles. The van der Waals surface area contributed by atoms with Crippen LogP contribution in [-0.4, -0.2) is 15.0 Å². The maximum absolute atomic E-state index is 5.60. The van der Waals surface area contributed by atoms with Gasteiger partial charge in [0.1, 0.15) is 10.7 Å². The Morgan fingerprint density at radius 1 is 1.26 bits per heavy atom. The zero-order chi connectivity index (χ0) is 14.0. The van der Waals surface area contributed by atoms with Crippen molar-refractivity contribution in [2.24, 2.45) is 5.73 Å². The van der Waals surface area contributed by atoms with Crippen molar-refractivity contribution in [1.82, 2.24) is 9.97 Å². The van der Waals surface area contributed by atoms with Crippen molar-refractivity contribution in [3.8, 4) is 0 Å². The van der Waals surface area contributed by atoms with E-state index in [2.05, 4.69) is 47.1 Å². The van der Waals surface area contributed by atoms with Crippen LogP contribution in [0.15, 0.2) is 33.2 Å². The Bertz CT molecular complexity index is 646. The number of nitrogens with zero attached hydrogens (tertiary/aromatic N) is 2. The fourth-order valence-electron chi connectivity index (χ4n) is 1.46. The Labute approximate surface area is 133 Å². The zero-order valence-corrected chi connectivity index (χ0v) is 13.9. The summed E-state index contributed by atoms with van der Waals surface area (Å²) in [5.41, 5.74) is 7.80. The molecule has 0 bridgehead atoms. The molecule has 2 aromatic rings. The lowest BCUT2D eigenvalue weighted by molar-refractivity contribution is 1.09. The highest BCUT2D eigenvalue weighted by Crippen LogP contribution is 2.28. The van der Waals surface area contributed by atoms with E-state index in [9.17, 15) is 0 Å². The number of hydrogen-bond acceptors (Lipinski definition) is 4. The van der Waals surface area contributed by atoms with Crippen LogP contribution in [0.2, 0.25) is 0 Å². The number of aromatic nitrogens is 2. The number of nitrogens with two attached hydrogens (primary N) is 1. The summed E-state index contributed by atoms with van der Waals surface area (Å²) in [4.78, 5) is 8.84. The van der Waals surface area contributed by atoms with Crippen LogP contribution in [0.1, 0.15) is 11.4 Å². The second-order valence-corrected chi connectivity index (χ2v) is 6.04. The molecule has 98 valence electrons. The smallest absolute Gasteiger partial charge is 0.228 e. The minimum atomic E-state index is 0.252. The molecule has 0 radical (unpaired) electrons. The van der Waals surface area contributed by atoms with E-state index in [-0.39, 0.29) is 4.99 Å². The normalized spacial score (nSPS) is 10.3. The predicted octanol–water partition coefficient (Wildman–Crippen LogP) is 3.69. The van der Waals surface area contributed by atoms with Crippen LogP contribution in [0.5, 0.6) is 0 Å². The van der Waals surface area contributed by atoms with Crippen molar-refractivity contribution >= 4 is 60.7 Å². The first-order valence-corrected chi connectivity index (χ1v) is 7.32. The first-order valence-electron chi connectivity index (χ1n) is 5.33. The average molecular weight is 402 g/mol. The molecule has 0 spiro atoms. The van der Waals surface area contributed by atoms with Crippen LogP contribution in [-0.2, 0) is 0 Å². The molecule has 19 heavy (non-hydrogen) atoms. The highest BCUT2D eigenvalue weighted by molar-refractivity contribution is 9.11. The van der Waals surface area contributed by atoms with Crippen LogP contribution in [0, 0.1) is 6.92 Å². The number of benzene rings is 1. The Balaban J connectivity index is 2.38. The Hall–Kier alpha value is -1.05. The highest BCUT2D eigenvalue weighted by atomic mass is 79.9. The summed E-state index contributed by atoms with van der Waals surface area (Å²) in [7, 11) is 0. The van der Waals surface area contributed by atoms with E-state index in [0.717, 1.165) is 20.3 Å². The predicted molar refractivity (Wildman–Crippen MR) is 87.8 cm³/mol. The molecule has 3 N–H and O–H groups in total. The van der Waals surface area contributed by atoms with Gasteiger partial charge in [0, 0.05) is 14.6 Å². The second kappa shape index (κ2) is 5.94. The van der Waals surface area contributed by atoms with Crippen LogP contribution < -0.4 is 11.1 Å². The maximum Gasteiger partial charge on any atom is 0.228 e. The van der Waals surface area contributed by atoms with Crippen LogP contribution in [0.4, 0.5) is 11.6 Å². The van der Waals surface area contributed by atoms with Crippen molar-refractivity contribution in [2.75, 3.05) is 5.32 Å². The Kier molecular flexibility index (Phi) is 4.49. The molecule has 0 aliphatic rings. The number of rotatable bonds is 3. The summed E-state index contributed by atoms with van der Waals surface area (Å²) < 4.78 is 1.87. The molecule has 0 aliphatic heterocycles. The van der Waals surface area contributed by atoms with E-state index in [0.29, 0.717) is 11.6 Å². The quantitative estimate of drug-likeness (QED) is 0.768. The lowest BCUT2D eigenvalue weighted by Crippen LogP contribution is -2.13. The molecule has 0 fully saturated rings. The average Bonchev–Trinajstić information content (AvgIpc) is 2.33. The van der Waals surface area contributed by atoms with E-state index in [1.54, 1.807) is 6.07 Å². The number of hydrogen-bond donors (Lipinski definition) is 2. The Morgan fingerprint density at radius 2 is 2.00 bits per heavy atom. The lowest BCUT2D eigenvalue weighted by Gasteiger charge is -2.09. The molecule has 0 atom stereocenters. The fraction of sp³-hybridized carbons (Fsp3) is 0.0833. The van der Waals surface area contributed by atoms with Crippen molar-refractivity contribution in [1.29, 1.82) is 0 Å². The van der Waals surface area contributed by atoms with E-state index in [1.807, 2.05) is 25.1 Å². The lowest BCUT2D eigenvalue weighted by atomic mass is 10.3. The van der Waals surface area contributed by atoms with Crippen LogP contribution in [0.3, 0.4) is 0 Å². The molecular formula is C12H10Br2N4S. The topological polar surface area (TPSA) is 63.8 Å². The summed E-state index contributed by atoms with van der Waals surface area (Å²) in [5, 5.41) is 3.13. The third-order valence-corrected chi connectivity index (χ3v) is 3.68. The zero-order valence-electron chi connectivity index (χ0n) is 9.95. The number of thiocarbonyl (C=S) groups is 1. The minimum Gasteiger partial charge on any atom is -0.388 e. The molecule has 4 nitrogen and oxygen atoms in total. The summed E-state index contributed by atoms with van der Waals surface area (Å²) in [5.74, 6) is 0.460. The van der Waals surface area contributed by atoms with Gasteiger partial charge in [-0.05, 0) is 47.1 Å². The third-order valence-electron chi connectivity index (χ3n) is 2.28. The number of nitrogens with one attached hydrogen (secondary N) is 1. The fourth-order valence-corrected chi connectivity index (χ4v) is 2.28. The molecule has 0 amide bonds. The van der Waals surface area contributed by atoms with Gasteiger partial charge in [0.2, 0.25) is 5.95 Å². The molecule has 1 heterocycles. The van der Waals surface area contributed by atoms with Crippen molar-refractivity contribution in [2.45, 2.75) is 6.92 Å². The van der Waals surface area contributed by atoms with Crippen LogP contribution in [0.25, 0.3) is 0 Å². The molecule has 0 saturated heterocycles. The largest absolute Gasteiger partial charge is 0.388 e. The molecule has 1 aromatic heterocycles. The maximum atomic E-state index is 5.60. The van der Waals surface area contributed by atoms with Crippen molar-refractivity contribution < 1.29 is 0 Å². The van der Waals surface area contributed by atoms with E-state index < -0.39 is 0 Å². The highest BCUT2D eigenvalue weighted by Gasteiger charge is 2.07. The third kappa shape index (κ3) is 3.71. The van der Waals surface area contributed by atoms with Crippen LogP contribution >= 0.6 is 44.1 Å². The van der Waals surface area contributed by atoms with Gasteiger partial charge in [0.15, 0.2) is 0 Å². The van der Waals surface area contributed by atoms with E-state index in [4.69, 9.17) is 18.0 Å². The molecular weight excluding hydrogens is 392 g/mol. The van der Waals surface area contributed by atoms with Gasteiger partial charge in [0.05, 0.1) is 5.69 Å². The molecule has 0 unspecified atom stereocenters. The van der Waals surface area contributed by atoms with Gasteiger partial charge in [-0.2, -0.15) is 0 Å². The van der Waals surface area contributed by atoms with Crippen molar-refractivity contribution in [3.63, 3.8) is 0 Å². The number of halogens is 2. The van der Waals surface area contributed by atoms with Gasteiger partial charge in [0.25, 0.3) is 0 Å². The summed E-state index contributed by atoms with van der Waals surface area (Å²) in [6.07, 6.45) is 0. The van der Waals surface area contributed by atoms with Gasteiger partial charge in [-0.3, -0.25) is 0 Å². The monoisotopic (exact) mass is 400 g/mol. The molecule has 1 aromatic carbocycles. The molecule has 2 rings (SSSR count). The first-order chi connectivity index (χ1) is 8.95.